The van der Waals surface area contributed by atoms with E-state index in [1.54, 1.807) is 4.90 Å². The number of carboxylic acid groups (broad SMARTS) is 1. The van der Waals surface area contributed by atoms with Gasteiger partial charge in [-0.05, 0) is 59.3 Å². The lowest BCUT2D eigenvalue weighted by Crippen LogP contribution is -2.35. The molecule has 3 N–H and O–H groups in total. The minimum atomic E-state index is -0.775. The van der Waals surface area contributed by atoms with Gasteiger partial charge in [-0.1, -0.05) is 68.4 Å². The van der Waals surface area contributed by atoms with E-state index < -0.39 is 12.0 Å². The Kier molecular flexibility index (Phi) is 7.56. The van der Waals surface area contributed by atoms with E-state index in [9.17, 15) is 14.7 Å². The van der Waals surface area contributed by atoms with Crippen molar-refractivity contribution in [1.82, 2.24) is 19.8 Å². The molecular formula is C31H33N5O3. The molecule has 0 bridgehead atoms. The average Bonchev–Trinajstić information content (AvgIpc) is 3.61. The predicted octanol–water partition coefficient (Wildman–Crippen LogP) is 5.11. The maximum absolute atomic E-state index is 13.6. The van der Waals surface area contributed by atoms with Crippen LogP contribution in [0.3, 0.4) is 0 Å². The highest BCUT2D eigenvalue weighted by Gasteiger charge is 2.31. The van der Waals surface area contributed by atoms with Crippen molar-refractivity contribution in [1.29, 1.82) is 0 Å². The second kappa shape index (κ2) is 11.2. The van der Waals surface area contributed by atoms with E-state index >= 15 is 0 Å². The van der Waals surface area contributed by atoms with Crippen molar-refractivity contribution in [3.63, 3.8) is 0 Å². The molecule has 8 heteroatoms. The fraction of sp³-hybridized carbons (Fsp3) is 0.290. The number of nitrogens with two attached hydrogens (primary N) is 1. The first-order chi connectivity index (χ1) is 19.0. The number of carbonyl (C=O) groups excluding carboxylic acids is 1. The summed E-state index contributed by atoms with van der Waals surface area (Å²) in [6.07, 6.45) is 1.54. The van der Waals surface area contributed by atoms with Gasteiger partial charge in [0.15, 0.2) is 0 Å². The summed E-state index contributed by atoms with van der Waals surface area (Å²) in [7, 11) is 0. The van der Waals surface area contributed by atoms with Gasteiger partial charge < -0.3 is 15.7 Å². The van der Waals surface area contributed by atoms with Crippen LogP contribution in [0.2, 0.25) is 0 Å². The van der Waals surface area contributed by atoms with E-state index in [1.807, 2.05) is 85.5 Å². The third-order valence-corrected chi connectivity index (χ3v) is 7.39. The number of hydrogen-bond acceptors (Lipinski definition) is 6. The zero-order chi connectivity index (χ0) is 27.5. The Morgan fingerprint density at radius 3 is 2.38 bits per heavy atom. The first-order valence-corrected chi connectivity index (χ1v) is 13.5. The normalized spacial score (nSPS) is 16.6. The van der Waals surface area contributed by atoms with Crippen LogP contribution in [-0.2, 0) is 24.4 Å². The van der Waals surface area contributed by atoms with Gasteiger partial charge in [0.25, 0.3) is 5.91 Å². The lowest BCUT2D eigenvalue weighted by Gasteiger charge is -2.22. The summed E-state index contributed by atoms with van der Waals surface area (Å²) in [6.45, 7) is 6.36. The third-order valence-electron chi connectivity index (χ3n) is 7.39. The van der Waals surface area contributed by atoms with Gasteiger partial charge in [-0.2, -0.15) is 0 Å². The number of anilines is 1. The van der Waals surface area contributed by atoms with Crippen molar-refractivity contribution >= 4 is 28.7 Å². The smallest absolute Gasteiger partial charge is 0.320 e. The minimum absolute atomic E-state index is 0.0643. The molecule has 1 fully saturated rings. The van der Waals surface area contributed by atoms with E-state index in [1.165, 1.54) is 0 Å². The SMILES string of the molecule is CC.Nc1nc(C(=O)N2Cc3ccccc3C2)c2cc(-c3ccccc3CN3CCCC3C(=O)O)ccc2n1. The van der Waals surface area contributed by atoms with Crippen molar-refractivity contribution in [3.8, 4) is 11.1 Å². The Morgan fingerprint density at radius 1 is 0.974 bits per heavy atom. The van der Waals surface area contributed by atoms with Crippen LogP contribution in [0.25, 0.3) is 22.0 Å². The Morgan fingerprint density at radius 2 is 1.67 bits per heavy atom. The molecule has 1 unspecified atom stereocenters. The molecule has 2 aliphatic rings. The summed E-state index contributed by atoms with van der Waals surface area (Å²) < 4.78 is 0. The van der Waals surface area contributed by atoms with E-state index in [2.05, 4.69) is 9.97 Å². The zero-order valence-corrected chi connectivity index (χ0v) is 22.3. The van der Waals surface area contributed by atoms with Crippen LogP contribution < -0.4 is 5.73 Å². The number of likely N-dealkylation sites (tertiary alicyclic amines) is 1. The molecule has 0 radical (unpaired) electrons. The maximum atomic E-state index is 13.6. The lowest BCUT2D eigenvalue weighted by molar-refractivity contribution is -0.142. The molecule has 6 rings (SSSR count). The summed E-state index contributed by atoms with van der Waals surface area (Å²) in [4.78, 5) is 37.9. The monoisotopic (exact) mass is 523 g/mol. The van der Waals surface area contributed by atoms with Crippen molar-refractivity contribution in [2.24, 2.45) is 0 Å². The molecule has 2 aliphatic heterocycles. The van der Waals surface area contributed by atoms with Crippen LogP contribution in [-0.4, -0.2) is 49.3 Å². The van der Waals surface area contributed by atoms with Gasteiger partial charge in [-0.15, -0.1) is 0 Å². The molecule has 200 valence electrons. The number of aliphatic carboxylic acids is 1. The zero-order valence-electron chi connectivity index (χ0n) is 22.3. The van der Waals surface area contributed by atoms with E-state index in [0.717, 1.165) is 40.8 Å². The van der Waals surface area contributed by atoms with Crippen LogP contribution in [0.1, 0.15) is 53.9 Å². The maximum Gasteiger partial charge on any atom is 0.320 e. The van der Waals surface area contributed by atoms with Crippen molar-refractivity contribution in [2.45, 2.75) is 52.4 Å². The minimum Gasteiger partial charge on any atom is -0.480 e. The topological polar surface area (TPSA) is 113 Å². The van der Waals surface area contributed by atoms with Gasteiger partial charge in [0, 0.05) is 25.0 Å². The molecule has 0 aliphatic carbocycles. The fourth-order valence-corrected chi connectivity index (χ4v) is 5.56. The largest absolute Gasteiger partial charge is 0.480 e. The van der Waals surface area contributed by atoms with E-state index in [-0.39, 0.29) is 11.9 Å². The summed E-state index contributed by atoms with van der Waals surface area (Å²) in [5.74, 6) is -0.890. The Balaban J connectivity index is 0.00000151. The van der Waals surface area contributed by atoms with E-state index in [4.69, 9.17) is 5.73 Å². The number of nitrogens with zero attached hydrogens (tertiary/aromatic N) is 4. The molecule has 1 amide bonds. The number of fused-ring (bicyclic) bond motifs is 2. The Bertz CT molecular complexity index is 1510. The standard InChI is InChI=1S/C29H27N5O3.C2H6/c30-29-31-24-12-11-18(22-9-4-3-8-21(22)17-33-13-5-10-25(33)28(36)37)14-23(24)26(32-29)27(35)34-15-19-6-1-2-7-20(19)16-34;1-2/h1-4,6-9,11-12,14,25H,5,10,13,15-17H2,(H,36,37)(H2,30,31,32);1-2H3. The Labute approximate surface area is 228 Å². The average molecular weight is 524 g/mol. The number of rotatable bonds is 5. The third kappa shape index (κ3) is 5.20. The highest BCUT2D eigenvalue weighted by molar-refractivity contribution is 6.06. The summed E-state index contributed by atoms with van der Waals surface area (Å²) in [6, 6.07) is 21.4. The number of carbonyl (C=O) groups is 2. The number of benzene rings is 3. The van der Waals surface area contributed by atoms with Crippen molar-refractivity contribution < 1.29 is 14.7 Å². The van der Waals surface area contributed by atoms with Gasteiger partial charge >= 0.3 is 5.97 Å². The number of amides is 1. The first-order valence-electron chi connectivity index (χ1n) is 13.5. The molecule has 1 atom stereocenters. The highest BCUT2D eigenvalue weighted by atomic mass is 16.4. The fourth-order valence-electron chi connectivity index (χ4n) is 5.56. The van der Waals surface area contributed by atoms with Crippen LogP contribution in [0.4, 0.5) is 5.95 Å². The van der Waals surface area contributed by atoms with Crippen LogP contribution >= 0.6 is 0 Å². The Hall–Kier alpha value is -4.30. The molecule has 39 heavy (non-hydrogen) atoms. The van der Waals surface area contributed by atoms with Crippen molar-refractivity contribution in [3.05, 3.63) is 89.1 Å². The summed E-state index contributed by atoms with van der Waals surface area (Å²) >= 11 is 0. The van der Waals surface area contributed by atoms with Gasteiger partial charge in [-0.25, -0.2) is 9.97 Å². The molecule has 0 spiro atoms. The van der Waals surface area contributed by atoms with E-state index in [0.29, 0.717) is 42.7 Å². The molecule has 3 heterocycles. The molecule has 4 aromatic rings. The summed E-state index contributed by atoms with van der Waals surface area (Å²) in [5, 5.41) is 10.3. The molecule has 3 aromatic carbocycles. The molecule has 0 saturated carbocycles. The lowest BCUT2D eigenvalue weighted by atomic mass is 9.97. The second-order valence-corrected chi connectivity index (χ2v) is 9.72. The van der Waals surface area contributed by atoms with Crippen LogP contribution in [0.5, 0.6) is 0 Å². The molecule has 1 aromatic heterocycles. The van der Waals surface area contributed by atoms with Crippen molar-refractivity contribution in [2.75, 3.05) is 12.3 Å². The van der Waals surface area contributed by atoms with Crippen LogP contribution in [0, 0.1) is 0 Å². The highest BCUT2D eigenvalue weighted by Crippen LogP contribution is 2.32. The van der Waals surface area contributed by atoms with Crippen LogP contribution in [0.15, 0.2) is 66.7 Å². The van der Waals surface area contributed by atoms with Gasteiger partial charge in [0.05, 0.1) is 5.52 Å². The van der Waals surface area contributed by atoms with Gasteiger partial charge in [-0.3, -0.25) is 14.5 Å². The first kappa shape index (κ1) is 26.3. The van der Waals surface area contributed by atoms with Gasteiger partial charge in [0.1, 0.15) is 11.7 Å². The number of hydrogen-bond donors (Lipinski definition) is 2. The van der Waals surface area contributed by atoms with Gasteiger partial charge in [0.2, 0.25) is 5.95 Å². The summed E-state index contributed by atoms with van der Waals surface area (Å²) in [5.41, 5.74) is 12.1. The molecule has 1 saturated heterocycles. The number of carboxylic acids is 1. The second-order valence-electron chi connectivity index (χ2n) is 9.72. The molecular weight excluding hydrogens is 490 g/mol. The number of aromatic nitrogens is 2. The molecule has 8 nitrogen and oxygen atoms in total. The quantitative estimate of drug-likeness (QED) is 0.374. The number of nitrogen functional groups attached to an aromatic ring is 1. The predicted molar refractivity (Wildman–Crippen MR) is 152 cm³/mol.